The predicted molar refractivity (Wildman–Crippen MR) is 121 cm³/mol. The van der Waals surface area contributed by atoms with E-state index in [2.05, 4.69) is 13.8 Å². The molecule has 0 heterocycles. The van der Waals surface area contributed by atoms with Crippen LogP contribution in [0, 0.1) is 0 Å². The molecule has 172 valence electrons. The maximum atomic E-state index is 5.71. The van der Waals surface area contributed by atoms with E-state index in [-0.39, 0.29) is 0 Å². The summed E-state index contributed by atoms with van der Waals surface area (Å²) in [7, 11) is -4.63. The van der Waals surface area contributed by atoms with Crippen LogP contribution in [0.15, 0.2) is 0 Å². The molecule has 0 aliphatic carbocycles. The quantitative estimate of drug-likeness (QED) is 0.256. The van der Waals surface area contributed by atoms with Crippen molar-refractivity contribution < 1.29 is 26.6 Å². The first-order chi connectivity index (χ1) is 13.5. The topological polar surface area (TPSA) is 55.4 Å². The van der Waals surface area contributed by atoms with Gasteiger partial charge in [-0.05, 0) is 54.4 Å². The van der Waals surface area contributed by atoms with Crippen LogP contribution in [0.4, 0.5) is 0 Å². The van der Waals surface area contributed by atoms with Crippen molar-refractivity contribution in [2.24, 2.45) is 0 Å². The summed E-state index contributed by atoms with van der Waals surface area (Å²) >= 11 is 0. The number of hydrogen-bond donors (Lipinski definition) is 0. The highest BCUT2D eigenvalue weighted by atomic mass is 28.4. The minimum Gasteiger partial charge on any atom is -0.374 e. The number of rotatable bonds is 18. The highest BCUT2D eigenvalue weighted by Gasteiger charge is 2.40. The van der Waals surface area contributed by atoms with E-state index in [0.717, 1.165) is 37.8 Å². The Kier molecular flexibility index (Phi) is 22.2. The zero-order chi connectivity index (χ0) is 21.7. The van der Waals surface area contributed by atoms with Crippen molar-refractivity contribution in [3.8, 4) is 0 Å². The third-order valence-electron chi connectivity index (χ3n) is 3.86. The zero-order valence-electron chi connectivity index (χ0n) is 19.9. The van der Waals surface area contributed by atoms with Gasteiger partial charge < -0.3 is 26.6 Å². The third kappa shape index (κ3) is 14.2. The van der Waals surface area contributed by atoms with Gasteiger partial charge >= 0.3 is 17.6 Å². The summed E-state index contributed by atoms with van der Waals surface area (Å²) in [4.78, 5) is 0. The Bertz CT molecular complexity index is 257. The van der Waals surface area contributed by atoms with Crippen LogP contribution in [0.25, 0.3) is 0 Å². The van der Waals surface area contributed by atoms with E-state index >= 15 is 0 Å². The van der Waals surface area contributed by atoms with Crippen LogP contribution in [0.3, 0.4) is 0 Å². The lowest BCUT2D eigenvalue weighted by Gasteiger charge is -2.28. The van der Waals surface area contributed by atoms with Gasteiger partial charge in [0.05, 0.1) is 0 Å². The van der Waals surface area contributed by atoms with Gasteiger partial charge in [0, 0.05) is 51.7 Å². The van der Waals surface area contributed by atoms with Crippen molar-refractivity contribution in [2.45, 2.75) is 93.2 Å². The maximum Gasteiger partial charge on any atom is 0.500 e. The maximum absolute atomic E-state index is 5.71. The van der Waals surface area contributed by atoms with E-state index in [1.165, 1.54) is 0 Å². The summed E-state index contributed by atoms with van der Waals surface area (Å²) in [5.41, 5.74) is 0. The van der Waals surface area contributed by atoms with Crippen molar-refractivity contribution in [1.82, 2.24) is 0 Å². The molecular formula is C20H48O6Si2. The Morgan fingerprint density at radius 3 is 0.750 bits per heavy atom. The van der Waals surface area contributed by atoms with Crippen molar-refractivity contribution >= 4 is 17.6 Å². The number of hydrogen-bond acceptors (Lipinski definition) is 6. The highest BCUT2D eigenvalue weighted by molar-refractivity contribution is 6.61. The Morgan fingerprint density at radius 1 is 0.393 bits per heavy atom. The standard InChI is InChI=1S/2C10H24O3Si/c2*1-5-9-10-14(11-6-2,12-7-3)13-8-4/h2*5-10H2,1-4H3. The van der Waals surface area contributed by atoms with E-state index in [4.69, 9.17) is 26.6 Å². The summed E-state index contributed by atoms with van der Waals surface area (Å²) in [6, 6.07) is 1.89. The van der Waals surface area contributed by atoms with E-state index in [9.17, 15) is 0 Å². The van der Waals surface area contributed by atoms with Gasteiger partial charge in [0.1, 0.15) is 0 Å². The second-order valence-electron chi connectivity index (χ2n) is 6.17. The lowest BCUT2D eigenvalue weighted by Crippen LogP contribution is -2.45. The number of unbranched alkanes of at least 4 members (excludes halogenated alkanes) is 2. The van der Waals surface area contributed by atoms with E-state index in [1.54, 1.807) is 0 Å². The lowest BCUT2D eigenvalue weighted by molar-refractivity contribution is 0.0700. The molecule has 0 fully saturated rings. The second-order valence-corrected chi connectivity index (χ2v) is 11.6. The van der Waals surface area contributed by atoms with Crippen LogP contribution in [0.2, 0.25) is 12.1 Å². The molecule has 8 heteroatoms. The van der Waals surface area contributed by atoms with Crippen LogP contribution in [0.5, 0.6) is 0 Å². The van der Waals surface area contributed by atoms with Crippen LogP contribution in [0.1, 0.15) is 81.1 Å². The molecule has 0 saturated heterocycles. The fourth-order valence-corrected chi connectivity index (χ4v) is 8.37. The van der Waals surface area contributed by atoms with Crippen LogP contribution >= 0.6 is 0 Å². The summed E-state index contributed by atoms with van der Waals surface area (Å²) in [5, 5.41) is 0. The smallest absolute Gasteiger partial charge is 0.374 e. The van der Waals surface area contributed by atoms with Gasteiger partial charge in [0.15, 0.2) is 0 Å². The normalized spacial score (nSPS) is 12.0. The molecule has 0 amide bonds. The Balaban J connectivity index is 0. The molecule has 0 aromatic rings. The van der Waals surface area contributed by atoms with Crippen LogP contribution in [-0.4, -0.2) is 57.3 Å². The summed E-state index contributed by atoms with van der Waals surface area (Å²) < 4.78 is 34.2. The average Bonchev–Trinajstić information content (AvgIpc) is 2.67. The van der Waals surface area contributed by atoms with Crippen LogP contribution in [-0.2, 0) is 26.6 Å². The minimum atomic E-state index is -2.32. The first kappa shape index (κ1) is 30.4. The Labute approximate surface area is 177 Å². The first-order valence-corrected chi connectivity index (χ1v) is 15.2. The molecule has 0 atom stereocenters. The molecule has 0 spiro atoms. The average molecular weight is 441 g/mol. The molecule has 0 rings (SSSR count). The zero-order valence-corrected chi connectivity index (χ0v) is 21.9. The first-order valence-electron chi connectivity index (χ1n) is 11.3. The summed E-state index contributed by atoms with van der Waals surface area (Å²) in [5.74, 6) is 0. The Morgan fingerprint density at radius 2 is 0.607 bits per heavy atom. The predicted octanol–water partition coefficient (Wildman–Crippen LogP) is 5.67. The van der Waals surface area contributed by atoms with E-state index in [1.807, 2.05) is 41.5 Å². The van der Waals surface area contributed by atoms with E-state index in [0.29, 0.717) is 39.6 Å². The molecule has 0 saturated carbocycles. The monoisotopic (exact) mass is 440 g/mol. The van der Waals surface area contributed by atoms with Crippen molar-refractivity contribution in [3.05, 3.63) is 0 Å². The summed E-state index contributed by atoms with van der Waals surface area (Å²) in [6.07, 6.45) is 4.54. The fraction of sp³-hybridized carbons (Fsp3) is 1.00. The molecular weight excluding hydrogens is 392 g/mol. The van der Waals surface area contributed by atoms with Gasteiger partial charge in [-0.1, -0.05) is 26.7 Å². The van der Waals surface area contributed by atoms with Crippen molar-refractivity contribution in [2.75, 3.05) is 39.6 Å². The van der Waals surface area contributed by atoms with Gasteiger partial charge in [-0.3, -0.25) is 0 Å². The van der Waals surface area contributed by atoms with Crippen LogP contribution < -0.4 is 0 Å². The molecule has 0 N–H and O–H groups in total. The molecule has 6 nitrogen and oxygen atoms in total. The molecule has 0 bridgehead atoms. The van der Waals surface area contributed by atoms with Gasteiger partial charge in [-0.2, -0.15) is 0 Å². The van der Waals surface area contributed by atoms with Gasteiger partial charge in [0.2, 0.25) is 0 Å². The lowest BCUT2D eigenvalue weighted by atomic mass is 10.4. The molecule has 0 aliphatic rings. The minimum absolute atomic E-state index is 0.677. The van der Waals surface area contributed by atoms with Crippen molar-refractivity contribution in [1.29, 1.82) is 0 Å². The van der Waals surface area contributed by atoms with Crippen molar-refractivity contribution in [3.63, 3.8) is 0 Å². The molecule has 0 unspecified atom stereocenters. The van der Waals surface area contributed by atoms with E-state index < -0.39 is 17.6 Å². The molecule has 28 heavy (non-hydrogen) atoms. The highest BCUT2D eigenvalue weighted by Crippen LogP contribution is 2.19. The second kappa shape index (κ2) is 20.5. The molecule has 0 aliphatic heterocycles. The molecule has 0 aromatic carbocycles. The largest absolute Gasteiger partial charge is 0.500 e. The van der Waals surface area contributed by atoms with Gasteiger partial charge in [-0.15, -0.1) is 0 Å². The Hall–Kier alpha value is 0.194. The summed E-state index contributed by atoms with van der Waals surface area (Å²) in [6.45, 7) is 20.3. The third-order valence-corrected chi connectivity index (χ3v) is 10.2. The molecule has 0 aromatic heterocycles. The molecule has 0 radical (unpaired) electrons. The van der Waals surface area contributed by atoms with Gasteiger partial charge in [0.25, 0.3) is 0 Å². The SMILES string of the molecule is CCCC[Si](OCC)(OCC)OCC.CCCC[Si](OCC)(OCC)OCC. The van der Waals surface area contributed by atoms with Gasteiger partial charge in [-0.25, -0.2) is 0 Å². The fourth-order valence-electron chi connectivity index (χ4n) is 2.79.